The first-order valence-electron chi connectivity index (χ1n) is 33.0. The summed E-state index contributed by atoms with van der Waals surface area (Å²) in [6.45, 7) is -4.33. The Bertz CT molecular complexity index is 5160. The van der Waals surface area contributed by atoms with Crippen LogP contribution in [0.1, 0.15) is 65.6 Å². The van der Waals surface area contributed by atoms with Crippen molar-refractivity contribution in [1.82, 2.24) is 39.0 Å². The molecule has 15 rings (SSSR count). The van der Waals surface area contributed by atoms with Crippen molar-refractivity contribution in [2.75, 3.05) is 34.7 Å². The first kappa shape index (κ1) is 73.9. The van der Waals surface area contributed by atoms with E-state index in [2.05, 4.69) is 46.0 Å². The predicted octanol–water partition coefficient (Wildman–Crippen LogP) is 13.1. The summed E-state index contributed by atoms with van der Waals surface area (Å²) in [5.74, 6) is -1.32. The van der Waals surface area contributed by atoms with Crippen LogP contribution < -0.4 is 37.2 Å². The number of imide groups is 2. The van der Waals surface area contributed by atoms with Crippen LogP contribution in [0.4, 0.5) is 43.4 Å². The maximum Gasteiger partial charge on any atom is 0.477 e. The molecule has 0 atom stereocenters. The van der Waals surface area contributed by atoms with Crippen LogP contribution in [0.5, 0.6) is 0 Å². The number of benzene rings is 7. The highest BCUT2D eigenvalue weighted by molar-refractivity contribution is 7.96. The van der Waals surface area contributed by atoms with Gasteiger partial charge in [0.15, 0.2) is 17.6 Å². The van der Waals surface area contributed by atoms with Crippen molar-refractivity contribution in [1.29, 1.82) is 0 Å². The molecular weight excluding hydrogens is 1470 g/mol. The summed E-state index contributed by atoms with van der Waals surface area (Å²) in [7, 11) is -9.11. The number of likely N-dealkylation sites (tertiary alicyclic amines) is 2. The Hall–Kier alpha value is -10.4. The molecule has 106 heavy (non-hydrogen) atoms. The lowest BCUT2D eigenvalue weighted by molar-refractivity contribution is -0.142. The normalized spacial score (nSPS) is 15.0. The fraction of sp³-hybridized carbons (Fsp3) is 0.162. The number of carbonyl (C=O) groups is 5. The van der Waals surface area contributed by atoms with Crippen LogP contribution >= 0.6 is 45.7 Å². The molecule has 6 N–H and O–H groups in total. The van der Waals surface area contributed by atoms with Gasteiger partial charge in [0.1, 0.15) is 48.4 Å². The number of fused-ring (bicyclic) bond motifs is 2. The number of rotatable bonds is 25. The van der Waals surface area contributed by atoms with Gasteiger partial charge in [-0.2, -0.15) is 19.2 Å². The summed E-state index contributed by atoms with van der Waals surface area (Å²) < 4.78 is 77.8. The lowest BCUT2D eigenvalue weighted by atomic mass is 10.1. The summed E-state index contributed by atoms with van der Waals surface area (Å²) in [6, 6.07) is 60.3. The maximum absolute atomic E-state index is 14.4. The number of nitrogens with one attached hydrogen (secondary N) is 4. The highest BCUT2D eigenvalue weighted by atomic mass is 35.5. The predicted molar refractivity (Wildman–Crippen MR) is 399 cm³/mol. The van der Waals surface area contributed by atoms with Crippen molar-refractivity contribution >= 4 is 149 Å². The molecule has 0 unspecified atom stereocenters. The first-order valence-corrected chi connectivity index (χ1v) is 38.6. The van der Waals surface area contributed by atoms with Crippen LogP contribution in [-0.2, 0) is 59.6 Å². The number of anilines is 6. The largest absolute Gasteiger partial charge is 0.477 e. The quantitative estimate of drug-likeness (QED) is 0.0134. The molecular formula is C74H65Cl2F2N12O13P3. The summed E-state index contributed by atoms with van der Waals surface area (Å²) in [4.78, 5) is 92.4. The second-order valence-electron chi connectivity index (χ2n) is 24.6. The van der Waals surface area contributed by atoms with Gasteiger partial charge in [-0.05, 0) is 102 Å². The van der Waals surface area contributed by atoms with Gasteiger partial charge >= 0.3 is 15.6 Å². The van der Waals surface area contributed by atoms with Crippen LogP contribution in [0.25, 0.3) is 17.4 Å². The molecule has 4 aromatic heterocycles. The topological polar surface area (TPSA) is 312 Å². The Morgan fingerprint density at radius 2 is 0.934 bits per heavy atom. The Morgan fingerprint density at radius 1 is 0.519 bits per heavy atom. The third-order valence-corrected chi connectivity index (χ3v) is 23.6. The molecule has 0 spiro atoms. The fourth-order valence-corrected chi connectivity index (χ4v) is 17.7. The van der Waals surface area contributed by atoms with Gasteiger partial charge in [0.25, 0.3) is 11.8 Å². The molecule has 7 aromatic carbocycles. The smallest absolute Gasteiger partial charge is 0.367 e. The van der Waals surface area contributed by atoms with E-state index in [0.29, 0.717) is 72.4 Å². The average Bonchev–Trinajstić information content (AvgIpc) is 1.29. The summed E-state index contributed by atoms with van der Waals surface area (Å²) in [5, 5.41) is 25.1. The second kappa shape index (κ2) is 32.6. The van der Waals surface area contributed by atoms with Gasteiger partial charge in [0, 0.05) is 50.7 Å². The third kappa shape index (κ3) is 17.6. The van der Waals surface area contributed by atoms with Gasteiger partial charge in [-0.3, -0.25) is 51.9 Å². The SMILES string of the molecule is O=C1C/C(=C\c2cnn3c(NC4CC4)cc(Nc4cc(Cl)ccc4F)nc23)C(=O)N1COP(=O)(O)O.O=C1CC(=P(c2ccccc2)(c2ccccc2)c2ccccc2)C(=O)N1COP(=O)(OCc1ccccc1)OCc1ccccc1.O=Cc1cnn2c(NC3CC3)cc(Nc3cc(Cl)ccc3F)nc12. The molecule has 4 amide bonds. The van der Waals surface area contributed by atoms with Gasteiger partial charge in [-0.15, -0.1) is 0 Å². The molecule has 2 saturated heterocycles. The number of aromatic nitrogens is 6. The van der Waals surface area contributed by atoms with Crippen LogP contribution in [0.3, 0.4) is 0 Å². The average molecular weight is 1530 g/mol. The first-order chi connectivity index (χ1) is 51.2. The monoisotopic (exact) mass is 1530 g/mol. The number of aldehydes is 1. The molecule has 32 heteroatoms. The molecule has 25 nitrogen and oxygen atoms in total. The van der Waals surface area contributed by atoms with Crippen molar-refractivity contribution in [3.8, 4) is 0 Å². The minimum absolute atomic E-state index is 0.0448. The number of phosphoric ester groups is 2. The summed E-state index contributed by atoms with van der Waals surface area (Å²) in [6.07, 6.45) is 8.77. The van der Waals surface area contributed by atoms with Crippen LogP contribution in [0.2, 0.25) is 10.0 Å². The number of phosphoric acid groups is 2. The zero-order valence-corrected chi connectivity index (χ0v) is 60.1. The Balaban J connectivity index is 0.000000148. The van der Waals surface area contributed by atoms with E-state index in [0.717, 1.165) is 57.6 Å². The van der Waals surface area contributed by atoms with Crippen LogP contribution in [-0.4, -0.2) is 110 Å². The Labute approximate surface area is 614 Å². The zero-order valence-electron chi connectivity index (χ0n) is 55.9. The van der Waals surface area contributed by atoms with E-state index in [9.17, 15) is 41.9 Å². The lowest BCUT2D eigenvalue weighted by Crippen LogP contribution is -2.36. The molecule has 2 aliphatic carbocycles. The molecule has 6 heterocycles. The van der Waals surface area contributed by atoms with E-state index in [1.807, 2.05) is 152 Å². The molecule has 0 radical (unpaired) electrons. The molecule has 11 aromatic rings. The molecule has 2 saturated carbocycles. The minimum Gasteiger partial charge on any atom is -0.367 e. The maximum atomic E-state index is 14.4. The van der Waals surface area contributed by atoms with E-state index in [1.54, 1.807) is 16.6 Å². The molecule has 4 fully saturated rings. The standard InChI is InChI=1S/C37H33NO6P2.C21H19ClFN6O6P.C16H13ClFN5O/c39-36-26-35(45(32-20-10-3-11-21-32,33-22-12-4-13-23-33)34-24-14-5-15-25-34)37(40)38(36)29-44-46(41,42-27-30-16-6-1-7-17-30)43-28-31-18-8-2-9-19-31;22-13-1-4-15(23)16(7-13)26-17-8-18(25-14-2-3-14)29-20(27-17)12(9-24-29)5-11-6-19(30)28(21(11)31)10-35-36(32,33)34;17-10-1-4-12(18)13(5-10)21-14-6-15(20-11-2-3-11)23-16(22-14)9(8-24)7-19-23/h1-25H,26-29H2;1,4-5,7-9,14,25H,2-3,6,10H2,(H,26,27)(H2,32,33,34);1,4-8,11,20H,2-3H2,(H,21,22)/b;11-5+;. The van der Waals surface area contributed by atoms with Gasteiger partial charge in [0.05, 0.1) is 55.4 Å². The highest BCUT2D eigenvalue weighted by Gasteiger charge is 2.44. The van der Waals surface area contributed by atoms with Crippen molar-refractivity contribution in [3.63, 3.8) is 0 Å². The van der Waals surface area contributed by atoms with E-state index in [4.69, 9.17) is 46.6 Å². The fourth-order valence-electron chi connectivity index (χ4n) is 11.5. The summed E-state index contributed by atoms with van der Waals surface area (Å²) >= 11 is 11.9. The highest BCUT2D eigenvalue weighted by Crippen LogP contribution is 2.53. The number of nitrogens with zero attached hydrogens (tertiary/aromatic N) is 8. The Morgan fingerprint density at radius 3 is 1.38 bits per heavy atom. The van der Waals surface area contributed by atoms with E-state index < -0.39 is 71.3 Å². The van der Waals surface area contributed by atoms with Gasteiger partial charge in [0.2, 0.25) is 11.8 Å². The molecule has 0 bridgehead atoms. The summed E-state index contributed by atoms with van der Waals surface area (Å²) in [5.41, 5.74) is 3.42. The second-order valence-corrected chi connectivity index (χ2v) is 31.8. The van der Waals surface area contributed by atoms with E-state index in [-0.39, 0.29) is 54.9 Å². The van der Waals surface area contributed by atoms with Gasteiger partial charge in [-0.1, -0.05) is 175 Å². The zero-order chi connectivity index (χ0) is 74.1. The van der Waals surface area contributed by atoms with Crippen LogP contribution in [0.15, 0.2) is 218 Å². The number of hydrogen-bond acceptors (Lipinski definition) is 19. The number of amides is 4. The van der Waals surface area contributed by atoms with E-state index >= 15 is 0 Å². The lowest BCUT2D eigenvalue weighted by Gasteiger charge is -2.31. The van der Waals surface area contributed by atoms with Gasteiger partial charge in [-0.25, -0.2) is 27.9 Å². The van der Waals surface area contributed by atoms with Crippen LogP contribution in [0, 0.1) is 11.6 Å². The molecule has 2 aliphatic heterocycles. The number of hydrogen-bond donors (Lipinski definition) is 6. The number of carbonyl (C=O) groups excluding carboxylic acids is 5. The van der Waals surface area contributed by atoms with Gasteiger partial charge < -0.3 is 31.1 Å². The van der Waals surface area contributed by atoms with E-state index in [1.165, 1.54) is 59.4 Å². The minimum atomic E-state index is -4.87. The number of halogens is 4. The van der Waals surface area contributed by atoms with Crippen molar-refractivity contribution in [2.45, 2.75) is 63.8 Å². The van der Waals surface area contributed by atoms with Crippen molar-refractivity contribution < 1.29 is 69.8 Å². The van der Waals surface area contributed by atoms with Crippen molar-refractivity contribution in [3.05, 3.63) is 262 Å². The third-order valence-electron chi connectivity index (χ3n) is 17.0. The molecule has 4 aliphatic rings. The Kier molecular flexibility index (Phi) is 22.7. The van der Waals surface area contributed by atoms with Crippen molar-refractivity contribution in [2.24, 2.45) is 0 Å². The molecule has 542 valence electrons.